The molecule has 0 unspecified atom stereocenters. The fraction of sp³-hybridized carbons (Fsp3) is 0.235. The van der Waals surface area contributed by atoms with Gasteiger partial charge in [-0.3, -0.25) is 0 Å². The van der Waals surface area contributed by atoms with Gasteiger partial charge in [0.1, 0.15) is 0 Å². The van der Waals surface area contributed by atoms with Gasteiger partial charge in [0.05, 0.1) is 11.2 Å². The van der Waals surface area contributed by atoms with Crippen LogP contribution in [0.3, 0.4) is 0 Å². The Balaban J connectivity index is 1.62. The zero-order chi connectivity index (χ0) is 26.7. The molecule has 188 valence electrons. The van der Waals surface area contributed by atoms with Gasteiger partial charge < -0.3 is 9.31 Å². The molecule has 38 heavy (non-hydrogen) atoms. The number of hydrogen-bond donors (Lipinski definition) is 0. The fourth-order valence-corrected chi connectivity index (χ4v) is 5.92. The molecule has 1 fully saturated rings. The second kappa shape index (κ2) is 9.15. The summed E-state index contributed by atoms with van der Waals surface area (Å²) < 4.78 is 12.9. The number of aryl methyl sites for hydroxylation is 2. The van der Waals surface area contributed by atoms with Crippen molar-refractivity contribution >= 4 is 57.2 Å². The number of benzene rings is 5. The maximum absolute atomic E-state index is 6.46. The van der Waals surface area contributed by atoms with Crippen molar-refractivity contribution in [3.63, 3.8) is 0 Å². The Morgan fingerprint density at radius 2 is 1.08 bits per heavy atom. The molecule has 0 aromatic heterocycles. The van der Waals surface area contributed by atoms with E-state index in [0.29, 0.717) is 0 Å². The molecule has 5 aromatic carbocycles. The fourth-order valence-electron chi connectivity index (χ4n) is 5.92. The molecular formula is C34H34B2O2. The zero-order valence-electron chi connectivity index (χ0n) is 23.2. The van der Waals surface area contributed by atoms with E-state index in [1.807, 2.05) is 0 Å². The molecule has 0 amide bonds. The SMILES string of the molecule is Cc1ccc2ccccc2c1B(c1cccc(B2OC(C)(C)C(C)(C)O2)c1)c1c(C)ccc2ccccc12. The maximum Gasteiger partial charge on any atom is 0.494 e. The smallest absolute Gasteiger partial charge is 0.399 e. The van der Waals surface area contributed by atoms with Gasteiger partial charge >= 0.3 is 7.12 Å². The van der Waals surface area contributed by atoms with Crippen molar-refractivity contribution in [2.75, 3.05) is 0 Å². The molecule has 0 spiro atoms. The van der Waals surface area contributed by atoms with Crippen LogP contribution < -0.4 is 21.9 Å². The summed E-state index contributed by atoms with van der Waals surface area (Å²) in [6.07, 6.45) is 0. The second-order valence-corrected chi connectivity index (χ2v) is 11.7. The lowest BCUT2D eigenvalue weighted by molar-refractivity contribution is 0.00578. The lowest BCUT2D eigenvalue weighted by Gasteiger charge is -2.32. The first kappa shape index (κ1) is 25.0. The third-order valence-electron chi connectivity index (χ3n) is 8.72. The van der Waals surface area contributed by atoms with Gasteiger partial charge in [0, 0.05) is 0 Å². The third kappa shape index (κ3) is 4.08. The van der Waals surface area contributed by atoms with E-state index >= 15 is 0 Å². The van der Waals surface area contributed by atoms with E-state index in [-0.39, 0.29) is 17.9 Å². The quantitative estimate of drug-likeness (QED) is 0.310. The first-order valence-corrected chi connectivity index (χ1v) is 13.6. The van der Waals surface area contributed by atoms with Crippen LogP contribution in [0.25, 0.3) is 21.5 Å². The van der Waals surface area contributed by atoms with Gasteiger partial charge in [-0.15, -0.1) is 0 Å². The van der Waals surface area contributed by atoms with Gasteiger partial charge in [0.25, 0.3) is 0 Å². The van der Waals surface area contributed by atoms with Crippen molar-refractivity contribution in [1.82, 2.24) is 0 Å². The van der Waals surface area contributed by atoms with Crippen molar-refractivity contribution in [3.8, 4) is 0 Å². The van der Waals surface area contributed by atoms with Crippen molar-refractivity contribution in [3.05, 3.63) is 108 Å². The standard InChI is InChI=1S/C34H34B2O2/c1-23-18-20-25-12-7-9-16-29(25)31(23)35(32-24(2)19-21-26-13-8-10-17-30(26)32)27-14-11-15-28(22-27)36-37-33(3,4)34(5,6)38-36/h7-22H,1-6H3. The van der Waals surface area contributed by atoms with Crippen molar-refractivity contribution in [1.29, 1.82) is 0 Å². The van der Waals surface area contributed by atoms with Crippen molar-refractivity contribution in [2.45, 2.75) is 52.7 Å². The van der Waals surface area contributed by atoms with Crippen LogP contribution in [0.5, 0.6) is 0 Å². The molecule has 1 heterocycles. The molecular weight excluding hydrogens is 462 g/mol. The Morgan fingerprint density at radius 3 is 1.61 bits per heavy atom. The first-order chi connectivity index (χ1) is 18.2. The zero-order valence-corrected chi connectivity index (χ0v) is 23.2. The van der Waals surface area contributed by atoms with Crippen molar-refractivity contribution < 1.29 is 9.31 Å². The Bertz CT molecular complexity index is 1570. The van der Waals surface area contributed by atoms with Gasteiger partial charge in [0.15, 0.2) is 0 Å². The van der Waals surface area contributed by atoms with Gasteiger partial charge in [0.2, 0.25) is 6.71 Å². The number of rotatable bonds is 4. The maximum atomic E-state index is 6.46. The van der Waals surface area contributed by atoms with Crippen LogP contribution in [-0.2, 0) is 9.31 Å². The van der Waals surface area contributed by atoms with E-state index in [9.17, 15) is 0 Å². The monoisotopic (exact) mass is 496 g/mol. The summed E-state index contributed by atoms with van der Waals surface area (Å²) in [5.41, 5.74) is 6.83. The van der Waals surface area contributed by atoms with Crippen molar-refractivity contribution in [2.24, 2.45) is 0 Å². The molecule has 0 aliphatic carbocycles. The predicted octanol–water partition coefficient (Wildman–Crippen LogP) is 5.43. The minimum absolute atomic E-state index is 0.0505. The molecule has 2 nitrogen and oxygen atoms in total. The largest absolute Gasteiger partial charge is 0.494 e. The van der Waals surface area contributed by atoms with Gasteiger partial charge in [-0.05, 0) is 68.6 Å². The second-order valence-electron chi connectivity index (χ2n) is 11.7. The Kier molecular flexibility index (Phi) is 6.01. The van der Waals surface area contributed by atoms with Gasteiger partial charge in [-0.2, -0.15) is 0 Å². The summed E-state index contributed by atoms with van der Waals surface area (Å²) in [6.45, 7) is 13.0. The van der Waals surface area contributed by atoms with Crippen LogP contribution in [0, 0.1) is 13.8 Å². The highest BCUT2D eigenvalue weighted by Gasteiger charge is 2.51. The summed E-state index contributed by atoms with van der Waals surface area (Å²) in [4.78, 5) is 0. The van der Waals surface area contributed by atoms with Gasteiger partial charge in [-0.1, -0.05) is 125 Å². The van der Waals surface area contributed by atoms with Crippen LogP contribution in [0.15, 0.2) is 97.1 Å². The molecule has 0 N–H and O–H groups in total. The highest BCUT2D eigenvalue weighted by molar-refractivity contribution is 6.98. The summed E-state index contributed by atoms with van der Waals surface area (Å²) in [5.74, 6) is 0. The van der Waals surface area contributed by atoms with Crippen LogP contribution >= 0.6 is 0 Å². The van der Waals surface area contributed by atoms with E-state index in [4.69, 9.17) is 9.31 Å². The van der Waals surface area contributed by atoms with E-state index in [0.717, 1.165) is 5.46 Å². The normalized spacial score (nSPS) is 16.3. The highest BCUT2D eigenvalue weighted by Crippen LogP contribution is 2.36. The van der Waals surface area contributed by atoms with Crippen LogP contribution in [0.4, 0.5) is 0 Å². The topological polar surface area (TPSA) is 18.5 Å². The number of fused-ring (bicyclic) bond motifs is 2. The average molecular weight is 496 g/mol. The van der Waals surface area contributed by atoms with E-state index in [2.05, 4.69) is 139 Å². The average Bonchev–Trinajstić information content (AvgIpc) is 3.13. The molecule has 0 saturated carbocycles. The summed E-state index contributed by atoms with van der Waals surface area (Å²) in [5, 5.41) is 5.12. The molecule has 1 saturated heterocycles. The molecule has 0 bridgehead atoms. The minimum Gasteiger partial charge on any atom is -0.399 e. The van der Waals surface area contributed by atoms with Crippen LogP contribution in [0.2, 0.25) is 0 Å². The molecule has 0 atom stereocenters. The molecule has 4 heteroatoms. The van der Waals surface area contributed by atoms with E-state index < -0.39 is 7.12 Å². The third-order valence-corrected chi connectivity index (χ3v) is 8.72. The highest BCUT2D eigenvalue weighted by atomic mass is 16.7. The summed E-state index contributed by atoms with van der Waals surface area (Å²) >= 11 is 0. The Morgan fingerprint density at radius 1 is 0.579 bits per heavy atom. The molecule has 6 rings (SSSR count). The Hall–Kier alpha value is -3.33. The molecule has 1 aliphatic rings. The summed E-state index contributed by atoms with van der Waals surface area (Å²) in [7, 11) is -0.400. The van der Waals surface area contributed by atoms with Gasteiger partial charge in [-0.25, -0.2) is 0 Å². The predicted molar refractivity (Wildman–Crippen MR) is 164 cm³/mol. The van der Waals surface area contributed by atoms with E-state index in [1.54, 1.807) is 0 Å². The lowest BCUT2D eigenvalue weighted by Crippen LogP contribution is -2.55. The minimum atomic E-state index is -0.400. The number of hydrogen-bond acceptors (Lipinski definition) is 2. The van der Waals surface area contributed by atoms with E-state index in [1.165, 1.54) is 49.1 Å². The first-order valence-electron chi connectivity index (χ1n) is 13.6. The van der Waals surface area contributed by atoms with Crippen LogP contribution in [0.1, 0.15) is 38.8 Å². The molecule has 0 radical (unpaired) electrons. The molecule has 5 aromatic rings. The Labute approximate surface area is 227 Å². The molecule has 1 aliphatic heterocycles. The van der Waals surface area contributed by atoms with Crippen LogP contribution in [-0.4, -0.2) is 25.0 Å². The summed E-state index contributed by atoms with van der Waals surface area (Å²) in [6, 6.07) is 35.4. The lowest BCUT2D eigenvalue weighted by atomic mass is 9.34.